The number of aryl methyl sites for hydroxylation is 1. The molecule has 0 bridgehead atoms. The maximum atomic E-state index is 12.3. The number of aliphatic hydroxyl groups excluding tert-OH is 1. The van der Waals surface area contributed by atoms with Crippen LogP contribution < -0.4 is 4.74 Å². The monoisotopic (exact) mass is 388 g/mol. The van der Waals surface area contributed by atoms with Crippen LogP contribution in [0.5, 0.6) is 11.5 Å². The highest BCUT2D eigenvalue weighted by Gasteiger charge is 2.22. The number of Topliss-reactive ketones (excluding diaryl/α,β-unsaturated/α-hetero) is 1. The molecule has 0 spiro atoms. The lowest BCUT2D eigenvalue weighted by Gasteiger charge is -2.24. The van der Waals surface area contributed by atoms with Crippen molar-refractivity contribution in [3.8, 4) is 11.5 Å². The molecule has 3 atom stereocenters. The lowest BCUT2D eigenvalue weighted by molar-refractivity contribution is -0.121. The van der Waals surface area contributed by atoms with E-state index >= 15 is 0 Å². The van der Waals surface area contributed by atoms with E-state index in [4.69, 9.17) is 4.74 Å². The summed E-state index contributed by atoms with van der Waals surface area (Å²) in [6, 6.07) is 5.28. The molecule has 156 valence electrons. The summed E-state index contributed by atoms with van der Waals surface area (Å²) in [5.74, 6) is 1.37. The Balaban J connectivity index is 1.77. The average molecular weight is 389 g/mol. The number of benzene rings is 1. The van der Waals surface area contributed by atoms with Gasteiger partial charge in [-0.15, -0.1) is 0 Å². The molecule has 0 aliphatic heterocycles. The van der Waals surface area contributed by atoms with Crippen molar-refractivity contribution in [2.75, 3.05) is 6.61 Å². The summed E-state index contributed by atoms with van der Waals surface area (Å²) >= 11 is 0. The minimum Gasteiger partial charge on any atom is -0.504 e. The molecule has 0 saturated heterocycles. The first kappa shape index (κ1) is 22.5. The molecule has 2 rings (SSSR count). The second-order valence-electron chi connectivity index (χ2n) is 8.12. The number of aromatic hydroxyl groups is 1. The smallest absolute Gasteiger partial charge is 0.161 e. The SMILES string of the molecule is CCCCCCOc1cc(CCC(=O)C[C@H](O)[C@@H]2C=C[C@H](C)CC2)ccc1O. The standard InChI is InChI=1S/C24H36O4/c1-3-4-5-6-15-28-24-16-19(10-14-22(24)26)9-13-21(25)17-23(27)20-11-7-18(2)8-12-20/h7,10-11,14,16,18,20,23,26-27H,3-6,8-9,12-13,15,17H2,1-2H3/t18-,20+,23-/m0/s1. The van der Waals surface area contributed by atoms with Gasteiger partial charge in [-0.1, -0.05) is 51.3 Å². The van der Waals surface area contributed by atoms with Gasteiger partial charge in [-0.2, -0.15) is 0 Å². The summed E-state index contributed by atoms with van der Waals surface area (Å²) in [4.78, 5) is 12.3. The number of ether oxygens (including phenoxy) is 1. The Bertz CT molecular complexity index is 637. The van der Waals surface area contributed by atoms with Crippen LogP contribution in [0.25, 0.3) is 0 Å². The first-order chi connectivity index (χ1) is 13.5. The van der Waals surface area contributed by atoms with Crippen molar-refractivity contribution in [3.05, 3.63) is 35.9 Å². The molecule has 4 heteroatoms. The zero-order valence-corrected chi connectivity index (χ0v) is 17.4. The highest BCUT2D eigenvalue weighted by atomic mass is 16.5. The van der Waals surface area contributed by atoms with Gasteiger partial charge in [0.2, 0.25) is 0 Å². The van der Waals surface area contributed by atoms with Crippen molar-refractivity contribution in [3.63, 3.8) is 0 Å². The van der Waals surface area contributed by atoms with E-state index < -0.39 is 6.10 Å². The third kappa shape index (κ3) is 7.67. The van der Waals surface area contributed by atoms with Gasteiger partial charge >= 0.3 is 0 Å². The molecule has 28 heavy (non-hydrogen) atoms. The van der Waals surface area contributed by atoms with E-state index in [-0.39, 0.29) is 23.9 Å². The molecule has 0 radical (unpaired) electrons. The zero-order valence-electron chi connectivity index (χ0n) is 17.4. The number of ketones is 1. The number of rotatable bonds is 12. The Hall–Kier alpha value is -1.81. The Morgan fingerprint density at radius 1 is 1.21 bits per heavy atom. The van der Waals surface area contributed by atoms with Gasteiger partial charge in [-0.3, -0.25) is 4.79 Å². The number of unbranched alkanes of at least 4 members (excludes halogenated alkanes) is 3. The molecule has 0 aromatic heterocycles. The van der Waals surface area contributed by atoms with E-state index in [2.05, 4.69) is 26.0 Å². The first-order valence-electron chi connectivity index (χ1n) is 10.8. The van der Waals surface area contributed by atoms with E-state index in [1.165, 1.54) is 12.8 Å². The lowest BCUT2D eigenvalue weighted by Crippen LogP contribution is -2.24. The molecule has 1 aromatic carbocycles. The maximum Gasteiger partial charge on any atom is 0.161 e. The second kappa shape index (κ2) is 11.9. The number of carbonyl (C=O) groups is 1. The Labute approximate surface area is 169 Å². The third-order valence-electron chi connectivity index (χ3n) is 5.55. The normalized spacial score (nSPS) is 20.1. The van der Waals surface area contributed by atoms with Crippen molar-refractivity contribution in [2.45, 2.75) is 77.7 Å². The van der Waals surface area contributed by atoms with Gasteiger partial charge in [0.05, 0.1) is 12.7 Å². The molecule has 0 heterocycles. The number of phenols is 1. The number of aliphatic hydroxyl groups is 1. The van der Waals surface area contributed by atoms with E-state index in [0.717, 1.165) is 31.2 Å². The van der Waals surface area contributed by atoms with Gasteiger partial charge < -0.3 is 14.9 Å². The molecule has 4 nitrogen and oxygen atoms in total. The van der Waals surface area contributed by atoms with Crippen LogP contribution in [0, 0.1) is 11.8 Å². The largest absolute Gasteiger partial charge is 0.504 e. The molecule has 0 saturated carbocycles. The van der Waals surface area contributed by atoms with E-state index in [9.17, 15) is 15.0 Å². The van der Waals surface area contributed by atoms with Crippen molar-refractivity contribution >= 4 is 5.78 Å². The average Bonchev–Trinajstić information content (AvgIpc) is 2.68. The minimum absolute atomic E-state index is 0.0784. The first-order valence-corrected chi connectivity index (χ1v) is 10.8. The molecule has 1 aliphatic rings. The molecule has 2 N–H and O–H groups in total. The predicted molar refractivity (Wildman–Crippen MR) is 113 cm³/mol. The van der Waals surface area contributed by atoms with Gasteiger partial charge in [0, 0.05) is 18.8 Å². The highest BCUT2D eigenvalue weighted by molar-refractivity contribution is 5.79. The molecular weight excluding hydrogens is 352 g/mol. The van der Waals surface area contributed by atoms with Crippen molar-refractivity contribution in [2.24, 2.45) is 11.8 Å². The molecule has 0 unspecified atom stereocenters. The molecule has 0 amide bonds. The van der Waals surface area contributed by atoms with E-state index in [1.54, 1.807) is 6.07 Å². The van der Waals surface area contributed by atoms with Crippen LogP contribution in [0.2, 0.25) is 0 Å². The predicted octanol–water partition coefficient (Wildman–Crippen LogP) is 5.21. The summed E-state index contributed by atoms with van der Waals surface area (Å²) in [5, 5.41) is 20.3. The fourth-order valence-corrected chi connectivity index (χ4v) is 3.61. The summed E-state index contributed by atoms with van der Waals surface area (Å²) in [7, 11) is 0. The van der Waals surface area contributed by atoms with Crippen LogP contribution in [-0.4, -0.2) is 28.7 Å². The third-order valence-corrected chi connectivity index (χ3v) is 5.55. The quantitative estimate of drug-likeness (QED) is 0.381. The molecule has 1 aromatic rings. The summed E-state index contributed by atoms with van der Waals surface area (Å²) < 4.78 is 5.70. The second-order valence-corrected chi connectivity index (χ2v) is 8.12. The Morgan fingerprint density at radius 2 is 2.04 bits per heavy atom. The zero-order chi connectivity index (χ0) is 20.4. The van der Waals surface area contributed by atoms with Crippen LogP contribution in [0.3, 0.4) is 0 Å². The van der Waals surface area contributed by atoms with Crippen LogP contribution in [0.4, 0.5) is 0 Å². The van der Waals surface area contributed by atoms with E-state index in [1.807, 2.05) is 12.1 Å². The Kier molecular flexibility index (Phi) is 9.56. The van der Waals surface area contributed by atoms with Gasteiger partial charge in [0.1, 0.15) is 5.78 Å². The fourth-order valence-electron chi connectivity index (χ4n) is 3.61. The number of hydrogen-bond donors (Lipinski definition) is 2. The summed E-state index contributed by atoms with van der Waals surface area (Å²) in [6.07, 6.45) is 11.3. The number of carbonyl (C=O) groups excluding carboxylic acids is 1. The van der Waals surface area contributed by atoms with Crippen LogP contribution in [-0.2, 0) is 11.2 Å². The Morgan fingerprint density at radius 3 is 2.75 bits per heavy atom. The molecule has 0 fully saturated rings. The van der Waals surface area contributed by atoms with E-state index in [0.29, 0.717) is 31.1 Å². The van der Waals surface area contributed by atoms with Crippen molar-refractivity contribution in [1.82, 2.24) is 0 Å². The van der Waals surface area contributed by atoms with Gasteiger partial charge in [0.25, 0.3) is 0 Å². The van der Waals surface area contributed by atoms with Crippen LogP contribution >= 0.6 is 0 Å². The van der Waals surface area contributed by atoms with Gasteiger partial charge in [-0.25, -0.2) is 0 Å². The van der Waals surface area contributed by atoms with Crippen LogP contribution in [0.1, 0.15) is 70.8 Å². The fraction of sp³-hybridized carbons (Fsp3) is 0.625. The van der Waals surface area contributed by atoms with Gasteiger partial charge in [-0.05, 0) is 49.3 Å². The number of phenolic OH excluding ortho intramolecular Hbond substituents is 1. The summed E-state index contributed by atoms with van der Waals surface area (Å²) in [5.41, 5.74) is 0.968. The minimum atomic E-state index is -0.585. The number of hydrogen-bond acceptors (Lipinski definition) is 4. The van der Waals surface area contributed by atoms with Gasteiger partial charge in [0.15, 0.2) is 11.5 Å². The van der Waals surface area contributed by atoms with Crippen molar-refractivity contribution in [1.29, 1.82) is 0 Å². The summed E-state index contributed by atoms with van der Waals surface area (Å²) in [6.45, 7) is 4.93. The van der Waals surface area contributed by atoms with Crippen LogP contribution in [0.15, 0.2) is 30.4 Å². The molecule has 1 aliphatic carbocycles. The highest BCUT2D eigenvalue weighted by Crippen LogP contribution is 2.28. The van der Waals surface area contributed by atoms with Crippen molar-refractivity contribution < 1.29 is 19.7 Å². The number of allylic oxidation sites excluding steroid dienone is 1. The topological polar surface area (TPSA) is 66.8 Å². The maximum absolute atomic E-state index is 12.3. The lowest BCUT2D eigenvalue weighted by atomic mass is 9.84. The molecular formula is C24H36O4.